The number of rotatable bonds is 5. The third kappa shape index (κ3) is 3.89. The van der Waals surface area contributed by atoms with Crippen molar-refractivity contribution in [3.8, 4) is 0 Å². The number of allylic oxidation sites excluding steroid dienone is 5. The van der Waals surface area contributed by atoms with E-state index >= 15 is 0 Å². The van der Waals surface area contributed by atoms with E-state index in [1.165, 1.54) is 5.57 Å². The molecule has 0 saturated heterocycles. The van der Waals surface area contributed by atoms with Gasteiger partial charge in [-0.05, 0) is 30.9 Å². The van der Waals surface area contributed by atoms with E-state index in [2.05, 4.69) is 49.7 Å². The average molecular weight is 216 g/mol. The molecule has 0 atom stereocenters. The summed E-state index contributed by atoms with van der Waals surface area (Å²) in [5.74, 6) is 0.677. The Bertz CT molecular complexity index is 381. The minimum atomic E-state index is 0.677. The normalized spacial score (nSPS) is 12.6. The zero-order chi connectivity index (χ0) is 12.0. The lowest BCUT2D eigenvalue weighted by Crippen LogP contribution is -1.89. The average Bonchev–Trinajstić information content (AvgIpc) is 2.76. The maximum atomic E-state index is 4.00. The summed E-state index contributed by atoms with van der Waals surface area (Å²) in [6.45, 7) is 10.5. The fourth-order valence-electron chi connectivity index (χ4n) is 1.49. The van der Waals surface area contributed by atoms with Gasteiger partial charge in [0.2, 0.25) is 0 Å². The molecule has 0 aliphatic carbocycles. The molecule has 1 heterocycles. The number of aromatic nitrogens is 2. The van der Waals surface area contributed by atoms with E-state index < -0.39 is 0 Å². The molecule has 2 heteroatoms. The second kappa shape index (κ2) is 6.11. The Kier molecular flexibility index (Phi) is 4.77. The Labute approximate surface area is 97.8 Å². The Hall–Kier alpha value is -1.57. The van der Waals surface area contributed by atoms with Crippen LogP contribution in [0.25, 0.3) is 5.57 Å². The lowest BCUT2D eigenvalue weighted by Gasteiger charge is -2.05. The van der Waals surface area contributed by atoms with Gasteiger partial charge in [-0.3, -0.25) is 5.10 Å². The van der Waals surface area contributed by atoms with E-state index in [4.69, 9.17) is 0 Å². The van der Waals surface area contributed by atoms with E-state index in [0.29, 0.717) is 5.92 Å². The van der Waals surface area contributed by atoms with Gasteiger partial charge in [-0.25, -0.2) is 0 Å². The largest absolute Gasteiger partial charge is 0.278 e. The van der Waals surface area contributed by atoms with E-state index in [-0.39, 0.29) is 0 Å². The molecule has 0 bridgehead atoms. The number of hydrogen-bond acceptors (Lipinski definition) is 1. The second-order valence-corrected chi connectivity index (χ2v) is 4.29. The topological polar surface area (TPSA) is 28.7 Å². The first-order valence-corrected chi connectivity index (χ1v) is 5.65. The minimum absolute atomic E-state index is 0.677. The quantitative estimate of drug-likeness (QED) is 0.741. The number of nitrogens with one attached hydrogen (secondary N) is 1. The van der Waals surface area contributed by atoms with Crippen molar-refractivity contribution < 1.29 is 0 Å². The summed E-state index contributed by atoms with van der Waals surface area (Å²) in [5, 5.41) is 6.80. The monoisotopic (exact) mass is 216 g/mol. The van der Waals surface area contributed by atoms with Crippen LogP contribution in [0, 0.1) is 5.92 Å². The molecule has 0 aromatic carbocycles. The highest BCUT2D eigenvalue weighted by Crippen LogP contribution is 2.15. The molecular weight excluding hydrogens is 196 g/mol. The number of hydrogen-bond donors (Lipinski definition) is 1. The molecule has 0 fully saturated rings. The molecule has 0 unspecified atom stereocenters. The smallest absolute Gasteiger partial charge is 0.0644 e. The van der Waals surface area contributed by atoms with Gasteiger partial charge in [0, 0.05) is 6.20 Å². The minimum Gasteiger partial charge on any atom is -0.278 e. The van der Waals surface area contributed by atoms with E-state index in [0.717, 1.165) is 17.7 Å². The van der Waals surface area contributed by atoms with Crippen LogP contribution in [0.3, 0.4) is 0 Å². The molecule has 0 saturated carbocycles. The number of nitrogens with zero attached hydrogens (tertiary/aromatic N) is 1. The van der Waals surface area contributed by atoms with Gasteiger partial charge in [0.15, 0.2) is 0 Å². The molecule has 0 spiro atoms. The molecule has 16 heavy (non-hydrogen) atoms. The molecular formula is C14H20N2. The maximum Gasteiger partial charge on any atom is 0.0644 e. The highest BCUT2D eigenvalue weighted by atomic mass is 15.1. The Morgan fingerprint density at radius 2 is 2.25 bits per heavy atom. The van der Waals surface area contributed by atoms with E-state index in [1.807, 2.05) is 12.1 Å². The SMILES string of the molecule is C=C(/C=C\C(=C/C)CC(C)C)c1ccn[nH]1. The zero-order valence-corrected chi connectivity index (χ0v) is 10.3. The van der Waals surface area contributed by atoms with Crippen molar-refractivity contribution in [2.75, 3.05) is 0 Å². The zero-order valence-electron chi connectivity index (χ0n) is 10.3. The van der Waals surface area contributed by atoms with E-state index in [1.54, 1.807) is 6.20 Å². The van der Waals surface area contributed by atoms with Crippen molar-refractivity contribution in [2.24, 2.45) is 5.92 Å². The molecule has 86 valence electrons. The van der Waals surface area contributed by atoms with Crippen molar-refractivity contribution in [2.45, 2.75) is 27.2 Å². The van der Waals surface area contributed by atoms with Crippen LogP contribution in [-0.2, 0) is 0 Å². The fourth-order valence-corrected chi connectivity index (χ4v) is 1.49. The van der Waals surface area contributed by atoms with Gasteiger partial charge >= 0.3 is 0 Å². The summed E-state index contributed by atoms with van der Waals surface area (Å²) in [5.41, 5.74) is 3.27. The first-order valence-electron chi connectivity index (χ1n) is 5.65. The fraction of sp³-hybridized carbons (Fsp3) is 0.357. The summed E-state index contributed by atoms with van der Waals surface area (Å²) < 4.78 is 0. The van der Waals surface area contributed by atoms with Crippen LogP contribution in [0.15, 0.2) is 42.6 Å². The van der Waals surface area contributed by atoms with Crippen LogP contribution in [0.2, 0.25) is 0 Å². The lowest BCUT2D eigenvalue weighted by molar-refractivity contribution is 0.649. The van der Waals surface area contributed by atoms with Crippen LogP contribution in [-0.4, -0.2) is 10.2 Å². The van der Waals surface area contributed by atoms with Gasteiger partial charge in [0.05, 0.1) is 5.69 Å². The van der Waals surface area contributed by atoms with Gasteiger partial charge in [-0.2, -0.15) is 5.10 Å². The third-order valence-corrected chi connectivity index (χ3v) is 2.36. The number of aromatic amines is 1. The van der Waals surface area contributed by atoms with Crippen molar-refractivity contribution in [3.63, 3.8) is 0 Å². The van der Waals surface area contributed by atoms with Crippen LogP contribution >= 0.6 is 0 Å². The molecule has 1 rings (SSSR count). The molecule has 0 aliphatic rings. The summed E-state index contributed by atoms with van der Waals surface area (Å²) in [6, 6.07) is 1.92. The van der Waals surface area contributed by atoms with Crippen LogP contribution in [0.5, 0.6) is 0 Å². The molecule has 0 amide bonds. The van der Waals surface area contributed by atoms with Crippen molar-refractivity contribution >= 4 is 5.57 Å². The Morgan fingerprint density at radius 1 is 1.50 bits per heavy atom. The summed E-state index contributed by atoms with van der Waals surface area (Å²) in [6.07, 6.45) is 9.15. The molecule has 1 aromatic rings. The van der Waals surface area contributed by atoms with Gasteiger partial charge in [-0.1, -0.05) is 44.2 Å². The highest BCUT2D eigenvalue weighted by molar-refractivity contribution is 5.69. The molecule has 0 radical (unpaired) electrons. The predicted molar refractivity (Wildman–Crippen MR) is 70.0 cm³/mol. The van der Waals surface area contributed by atoms with Gasteiger partial charge < -0.3 is 0 Å². The van der Waals surface area contributed by atoms with Crippen molar-refractivity contribution in [1.29, 1.82) is 0 Å². The van der Waals surface area contributed by atoms with Crippen molar-refractivity contribution in [1.82, 2.24) is 10.2 Å². The Balaban J connectivity index is 2.62. The van der Waals surface area contributed by atoms with Crippen LogP contribution in [0.4, 0.5) is 0 Å². The second-order valence-electron chi connectivity index (χ2n) is 4.29. The predicted octanol–water partition coefficient (Wildman–Crippen LogP) is 3.97. The maximum absolute atomic E-state index is 4.00. The van der Waals surface area contributed by atoms with Crippen LogP contribution < -0.4 is 0 Å². The molecule has 1 N–H and O–H groups in total. The molecule has 2 nitrogen and oxygen atoms in total. The third-order valence-electron chi connectivity index (χ3n) is 2.36. The molecule has 0 aliphatic heterocycles. The summed E-state index contributed by atoms with van der Waals surface area (Å²) >= 11 is 0. The van der Waals surface area contributed by atoms with Gasteiger partial charge in [-0.15, -0.1) is 0 Å². The lowest BCUT2D eigenvalue weighted by atomic mass is 10.0. The first-order chi connectivity index (χ1) is 7.63. The van der Waals surface area contributed by atoms with Crippen LogP contribution in [0.1, 0.15) is 32.9 Å². The standard InChI is InChI=1S/C14H20N2/c1-5-13(10-11(2)3)7-6-12(4)14-8-9-15-16-14/h5-9,11H,4,10H2,1-3H3,(H,15,16)/b7-6-,13-5+. The van der Waals surface area contributed by atoms with Gasteiger partial charge in [0.1, 0.15) is 0 Å². The summed E-state index contributed by atoms with van der Waals surface area (Å²) in [7, 11) is 0. The van der Waals surface area contributed by atoms with E-state index in [9.17, 15) is 0 Å². The summed E-state index contributed by atoms with van der Waals surface area (Å²) in [4.78, 5) is 0. The van der Waals surface area contributed by atoms with Crippen molar-refractivity contribution in [3.05, 3.63) is 48.3 Å². The Morgan fingerprint density at radius 3 is 2.75 bits per heavy atom. The molecule has 1 aromatic heterocycles. The highest BCUT2D eigenvalue weighted by Gasteiger charge is 1.98. The van der Waals surface area contributed by atoms with Gasteiger partial charge in [0.25, 0.3) is 0 Å². The number of H-pyrrole nitrogens is 1. The first kappa shape index (κ1) is 12.5.